The van der Waals surface area contributed by atoms with E-state index in [9.17, 15) is 5.26 Å². The third kappa shape index (κ3) is 5.67. The van der Waals surface area contributed by atoms with Crippen molar-refractivity contribution in [2.45, 2.75) is 56.5 Å². The highest BCUT2D eigenvalue weighted by molar-refractivity contribution is 7.99. The van der Waals surface area contributed by atoms with E-state index in [1.54, 1.807) is 0 Å². The van der Waals surface area contributed by atoms with Gasteiger partial charge in [0.05, 0.1) is 6.07 Å². The first-order valence-electron chi connectivity index (χ1n) is 6.98. The minimum Gasteiger partial charge on any atom is -0.297 e. The van der Waals surface area contributed by atoms with Crippen molar-refractivity contribution >= 4 is 11.8 Å². The molecule has 0 saturated heterocycles. The van der Waals surface area contributed by atoms with Gasteiger partial charge in [-0.2, -0.15) is 5.26 Å². The zero-order chi connectivity index (χ0) is 14.1. The highest BCUT2D eigenvalue weighted by Gasteiger charge is 2.27. The Morgan fingerprint density at radius 3 is 2.53 bits per heavy atom. The summed E-state index contributed by atoms with van der Waals surface area (Å²) >= 11 is 1.86. The molecule has 0 aliphatic heterocycles. The first-order chi connectivity index (χ1) is 9.12. The van der Waals surface area contributed by atoms with Crippen LogP contribution in [0.3, 0.4) is 0 Å². The topological polar surface area (TPSA) is 35.8 Å². The van der Waals surface area contributed by atoms with Crippen LogP contribution in [0.25, 0.3) is 0 Å². The van der Waals surface area contributed by atoms with E-state index >= 15 is 0 Å². The van der Waals surface area contributed by atoms with Gasteiger partial charge in [0.2, 0.25) is 0 Å². The number of nitrogens with zero attached hydrogens (tertiary/aromatic N) is 1. The summed E-state index contributed by atoms with van der Waals surface area (Å²) in [5, 5.41) is 12.8. The molecule has 1 rings (SSSR count). The Kier molecular flexibility index (Phi) is 6.97. The number of thioether (sulfide) groups is 1. The smallest absolute Gasteiger partial charge is 0.106 e. The zero-order valence-corrected chi connectivity index (χ0v) is 13.0. The van der Waals surface area contributed by atoms with Crippen LogP contribution in [0, 0.1) is 11.3 Å². The molecule has 1 unspecified atom stereocenters. The van der Waals surface area contributed by atoms with Crippen LogP contribution in [0.1, 0.15) is 40.0 Å². The molecule has 19 heavy (non-hydrogen) atoms. The monoisotopic (exact) mass is 276 g/mol. The molecule has 104 valence electrons. The fourth-order valence-corrected chi connectivity index (χ4v) is 3.03. The third-order valence-electron chi connectivity index (χ3n) is 3.14. The van der Waals surface area contributed by atoms with Gasteiger partial charge in [0.15, 0.2) is 0 Å². The number of benzene rings is 1. The first kappa shape index (κ1) is 16.1. The van der Waals surface area contributed by atoms with Crippen LogP contribution in [0.4, 0.5) is 0 Å². The molecular formula is C16H24N2S. The maximum atomic E-state index is 9.42. The minimum atomic E-state index is -0.356. The maximum absolute atomic E-state index is 9.42. The van der Waals surface area contributed by atoms with Crippen LogP contribution in [0.15, 0.2) is 35.2 Å². The van der Waals surface area contributed by atoms with Gasteiger partial charge < -0.3 is 0 Å². The van der Waals surface area contributed by atoms with Gasteiger partial charge >= 0.3 is 0 Å². The lowest BCUT2D eigenvalue weighted by molar-refractivity contribution is 0.341. The molecule has 1 N–H and O–H groups in total. The Balaban J connectivity index is 2.39. The number of hydrogen-bond donors (Lipinski definition) is 1. The summed E-state index contributed by atoms with van der Waals surface area (Å²) in [4.78, 5) is 1.30. The van der Waals surface area contributed by atoms with E-state index in [0.29, 0.717) is 6.04 Å². The molecule has 0 fully saturated rings. The molecular weight excluding hydrogens is 252 g/mol. The fraction of sp³-hybridized carbons (Fsp3) is 0.562. The molecule has 0 spiro atoms. The highest BCUT2D eigenvalue weighted by Crippen LogP contribution is 2.23. The average molecular weight is 276 g/mol. The van der Waals surface area contributed by atoms with E-state index in [1.807, 2.05) is 17.8 Å². The Hall–Kier alpha value is -0.980. The Bertz CT molecular complexity index is 397. The summed E-state index contributed by atoms with van der Waals surface area (Å²) in [5.41, 5.74) is -0.356. The minimum absolute atomic E-state index is 0.348. The van der Waals surface area contributed by atoms with Crippen molar-refractivity contribution in [2.24, 2.45) is 0 Å². The predicted octanol–water partition coefficient (Wildman–Crippen LogP) is 4.23. The molecule has 3 heteroatoms. The maximum Gasteiger partial charge on any atom is 0.106 e. The van der Waals surface area contributed by atoms with Crippen LogP contribution in [0.5, 0.6) is 0 Å². The van der Waals surface area contributed by atoms with Crippen LogP contribution in [-0.4, -0.2) is 17.3 Å². The average Bonchev–Trinajstić information content (AvgIpc) is 2.43. The molecule has 1 aromatic rings. The van der Waals surface area contributed by atoms with E-state index in [1.165, 1.54) is 4.90 Å². The van der Waals surface area contributed by atoms with Crippen LogP contribution in [-0.2, 0) is 0 Å². The molecule has 0 heterocycles. The molecule has 1 atom stereocenters. The quantitative estimate of drug-likeness (QED) is 0.570. The van der Waals surface area contributed by atoms with Gasteiger partial charge in [0, 0.05) is 10.9 Å². The second-order valence-corrected chi connectivity index (χ2v) is 6.28. The standard InChI is InChI=1S/C16H24N2S/c1-4-16(13-17,18-14(2)3)11-8-12-19-15-9-6-5-7-10-15/h5-7,9-10,14,18H,4,8,11-12H2,1-3H3. The number of nitriles is 1. The molecule has 1 aromatic carbocycles. The molecule has 0 aliphatic carbocycles. The molecule has 0 radical (unpaired) electrons. The summed E-state index contributed by atoms with van der Waals surface area (Å²) in [6.07, 6.45) is 2.83. The zero-order valence-electron chi connectivity index (χ0n) is 12.1. The summed E-state index contributed by atoms with van der Waals surface area (Å²) in [5.74, 6) is 1.06. The lowest BCUT2D eigenvalue weighted by Crippen LogP contribution is -2.47. The summed E-state index contributed by atoms with van der Waals surface area (Å²) in [6, 6.07) is 13.3. The Labute approximate surface area is 121 Å². The van der Waals surface area contributed by atoms with E-state index in [2.05, 4.69) is 56.4 Å². The van der Waals surface area contributed by atoms with Gasteiger partial charge in [-0.3, -0.25) is 5.32 Å². The fourth-order valence-electron chi connectivity index (χ4n) is 2.15. The molecule has 0 saturated carbocycles. The lowest BCUT2D eigenvalue weighted by Gasteiger charge is -2.29. The van der Waals surface area contributed by atoms with Gasteiger partial charge in [-0.05, 0) is 51.0 Å². The van der Waals surface area contributed by atoms with Crippen molar-refractivity contribution in [3.63, 3.8) is 0 Å². The van der Waals surface area contributed by atoms with Gasteiger partial charge in [-0.25, -0.2) is 0 Å². The van der Waals surface area contributed by atoms with Gasteiger partial charge in [0.1, 0.15) is 5.54 Å². The third-order valence-corrected chi connectivity index (χ3v) is 4.24. The molecule has 2 nitrogen and oxygen atoms in total. The van der Waals surface area contributed by atoms with Gasteiger partial charge in [-0.1, -0.05) is 25.1 Å². The second-order valence-electron chi connectivity index (χ2n) is 5.11. The van der Waals surface area contributed by atoms with E-state index < -0.39 is 0 Å². The predicted molar refractivity (Wildman–Crippen MR) is 83.3 cm³/mol. The van der Waals surface area contributed by atoms with Crippen LogP contribution in [0.2, 0.25) is 0 Å². The van der Waals surface area contributed by atoms with Crippen LogP contribution < -0.4 is 5.32 Å². The van der Waals surface area contributed by atoms with Crippen molar-refractivity contribution < 1.29 is 0 Å². The Morgan fingerprint density at radius 1 is 1.32 bits per heavy atom. The summed E-state index contributed by atoms with van der Waals surface area (Å²) in [7, 11) is 0. The van der Waals surface area contributed by atoms with Crippen molar-refractivity contribution in [2.75, 3.05) is 5.75 Å². The van der Waals surface area contributed by atoms with E-state index in [4.69, 9.17) is 0 Å². The number of nitrogens with one attached hydrogen (secondary N) is 1. The number of hydrogen-bond acceptors (Lipinski definition) is 3. The normalized spacial score (nSPS) is 14.1. The summed E-state index contributed by atoms with van der Waals surface area (Å²) in [6.45, 7) is 6.28. The first-order valence-corrected chi connectivity index (χ1v) is 7.97. The lowest BCUT2D eigenvalue weighted by atomic mass is 9.91. The molecule has 0 aliphatic rings. The second kappa shape index (κ2) is 8.24. The SMILES string of the molecule is CCC(C#N)(CCCSc1ccccc1)NC(C)C. The van der Waals surface area contributed by atoms with Crippen molar-refractivity contribution in [3.8, 4) is 6.07 Å². The largest absolute Gasteiger partial charge is 0.297 e. The van der Waals surface area contributed by atoms with Gasteiger partial charge in [-0.15, -0.1) is 11.8 Å². The molecule has 0 amide bonds. The van der Waals surface area contributed by atoms with Crippen molar-refractivity contribution in [3.05, 3.63) is 30.3 Å². The van der Waals surface area contributed by atoms with E-state index in [-0.39, 0.29) is 5.54 Å². The number of rotatable bonds is 8. The highest BCUT2D eigenvalue weighted by atomic mass is 32.2. The Morgan fingerprint density at radius 2 is 2.00 bits per heavy atom. The van der Waals surface area contributed by atoms with E-state index in [0.717, 1.165) is 25.0 Å². The van der Waals surface area contributed by atoms with Crippen molar-refractivity contribution in [1.29, 1.82) is 5.26 Å². The molecule has 0 aromatic heterocycles. The summed E-state index contributed by atoms with van der Waals surface area (Å²) < 4.78 is 0. The van der Waals surface area contributed by atoms with Gasteiger partial charge in [0.25, 0.3) is 0 Å². The van der Waals surface area contributed by atoms with Crippen molar-refractivity contribution in [1.82, 2.24) is 5.32 Å². The molecule has 0 bridgehead atoms. The van der Waals surface area contributed by atoms with Crippen LogP contribution >= 0.6 is 11.8 Å².